The number of hydrogen-bond acceptors (Lipinski definition) is 2. The van der Waals surface area contributed by atoms with E-state index in [0.717, 1.165) is 24.0 Å². The van der Waals surface area contributed by atoms with E-state index in [-0.39, 0.29) is 0 Å². The number of nitrogens with zero attached hydrogens (tertiary/aromatic N) is 1. The molecule has 1 aliphatic carbocycles. The largest absolute Gasteiger partial charge is 0.311 e. The van der Waals surface area contributed by atoms with Crippen molar-refractivity contribution in [2.24, 2.45) is 5.92 Å². The van der Waals surface area contributed by atoms with Crippen LogP contribution in [0.25, 0.3) is 0 Å². The fourth-order valence-electron chi connectivity index (χ4n) is 4.07. The van der Waals surface area contributed by atoms with Crippen molar-refractivity contribution in [1.82, 2.24) is 10.2 Å². The van der Waals surface area contributed by atoms with E-state index in [0.29, 0.717) is 0 Å². The summed E-state index contributed by atoms with van der Waals surface area (Å²) < 4.78 is 0. The van der Waals surface area contributed by atoms with E-state index in [1.165, 1.54) is 64.5 Å². The minimum atomic E-state index is 0.754. The van der Waals surface area contributed by atoms with Crippen molar-refractivity contribution in [2.75, 3.05) is 13.1 Å². The zero-order chi connectivity index (χ0) is 13.7. The molecule has 0 radical (unpaired) electrons. The lowest BCUT2D eigenvalue weighted by atomic mass is 9.82. The highest BCUT2D eigenvalue weighted by Gasteiger charge is 2.33. The Morgan fingerprint density at radius 2 is 1.89 bits per heavy atom. The second-order valence-corrected chi connectivity index (χ2v) is 6.81. The summed E-state index contributed by atoms with van der Waals surface area (Å²) >= 11 is 0. The molecule has 0 aromatic carbocycles. The van der Waals surface area contributed by atoms with Gasteiger partial charge in [-0.25, -0.2) is 0 Å². The molecule has 2 rings (SSSR count). The van der Waals surface area contributed by atoms with Gasteiger partial charge in [-0.05, 0) is 38.5 Å². The highest BCUT2D eigenvalue weighted by Crippen LogP contribution is 2.29. The highest BCUT2D eigenvalue weighted by molar-refractivity contribution is 4.92. The zero-order valence-electron chi connectivity index (χ0n) is 13.3. The molecule has 1 N–H and O–H groups in total. The van der Waals surface area contributed by atoms with E-state index in [1.807, 2.05) is 0 Å². The van der Waals surface area contributed by atoms with Gasteiger partial charge in [0.05, 0.1) is 0 Å². The summed E-state index contributed by atoms with van der Waals surface area (Å²) in [6.07, 6.45) is 11.3. The lowest BCUT2D eigenvalue weighted by molar-refractivity contribution is 0.0580. The van der Waals surface area contributed by atoms with E-state index in [1.54, 1.807) is 0 Å². The van der Waals surface area contributed by atoms with Crippen molar-refractivity contribution in [3.8, 4) is 0 Å². The van der Waals surface area contributed by atoms with Crippen molar-refractivity contribution in [1.29, 1.82) is 0 Å². The second kappa shape index (κ2) is 7.64. The number of rotatable bonds is 5. The van der Waals surface area contributed by atoms with Crippen molar-refractivity contribution in [3.63, 3.8) is 0 Å². The first-order chi connectivity index (χ1) is 9.26. The average Bonchev–Trinajstić information content (AvgIpc) is 2.48. The Labute approximate surface area is 120 Å². The lowest BCUT2D eigenvalue weighted by Gasteiger charge is -2.46. The maximum absolute atomic E-state index is 3.89. The molecule has 2 heteroatoms. The zero-order valence-corrected chi connectivity index (χ0v) is 13.3. The Morgan fingerprint density at radius 1 is 1.16 bits per heavy atom. The van der Waals surface area contributed by atoms with E-state index >= 15 is 0 Å². The summed E-state index contributed by atoms with van der Waals surface area (Å²) in [5.41, 5.74) is 0. The van der Waals surface area contributed by atoms with Gasteiger partial charge in [0.2, 0.25) is 0 Å². The molecule has 2 aliphatic rings. The van der Waals surface area contributed by atoms with Crippen LogP contribution in [-0.4, -0.2) is 36.1 Å². The van der Waals surface area contributed by atoms with Gasteiger partial charge >= 0.3 is 0 Å². The first-order valence-corrected chi connectivity index (χ1v) is 8.75. The van der Waals surface area contributed by atoms with Crippen molar-refractivity contribution >= 4 is 0 Å². The average molecular weight is 266 g/mol. The molecule has 0 aromatic rings. The van der Waals surface area contributed by atoms with Crippen LogP contribution in [0.4, 0.5) is 0 Å². The monoisotopic (exact) mass is 266 g/mol. The predicted octanol–water partition coefficient (Wildman–Crippen LogP) is 3.81. The quantitative estimate of drug-likeness (QED) is 0.814. The van der Waals surface area contributed by atoms with Gasteiger partial charge in [-0.1, -0.05) is 39.5 Å². The third kappa shape index (κ3) is 3.95. The Kier molecular flexibility index (Phi) is 6.15. The maximum atomic E-state index is 3.89. The lowest BCUT2D eigenvalue weighted by Crippen LogP contribution is -2.60. The third-order valence-corrected chi connectivity index (χ3v) is 5.49. The van der Waals surface area contributed by atoms with Gasteiger partial charge in [-0.3, -0.25) is 4.90 Å². The fourth-order valence-corrected chi connectivity index (χ4v) is 4.07. The van der Waals surface area contributed by atoms with Gasteiger partial charge < -0.3 is 5.32 Å². The Balaban J connectivity index is 1.94. The normalized spacial score (nSPS) is 32.4. The molecular formula is C17H34N2. The molecule has 0 amide bonds. The fraction of sp³-hybridized carbons (Fsp3) is 1.00. The standard InChI is InChI=1S/C17H34N2/c1-4-9-16-12-18-17(13-19(16)14(3)5-2)15-10-7-6-8-11-15/h14-18H,4-13H2,1-3H3. The van der Waals surface area contributed by atoms with Gasteiger partial charge in [-0.15, -0.1) is 0 Å². The molecule has 0 bridgehead atoms. The topological polar surface area (TPSA) is 15.3 Å². The van der Waals surface area contributed by atoms with Crippen LogP contribution in [0.15, 0.2) is 0 Å². The SMILES string of the molecule is CCCC1CNC(C2CCCCC2)CN1C(C)CC. The van der Waals surface area contributed by atoms with Crippen molar-refractivity contribution < 1.29 is 0 Å². The van der Waals surface area contributed by atoms with Gasteiger partial charge in [0.1, 0.15) is 0 Å². The van der Waals surface area contributed by atoms with Crippen LogP contribution in [0.5, 0.6) is 0 Å². The molecule has 2 fully saturated rings. The minimum Gasteiger partial charge on any atom is -0.311 e. The van der Waals surface area contributed by atoms with E-state index in [4.69, 9.17) is 0 Å². The van der Waals surface area contributed by atoms with Gasteiger partial charge in [-0.2, -0.15) is 0 Å². The van der Waals surface area contributed by atoms with Crippen molar-refractivity contribution in [2.45, 2.75) is 90.3 Å². The summed E-state index contributed by atoms with van der Waals surface area (Å²) in [4.78, 5) is 2.82. The smallest absolute Gasteiger partial charge is 0.0224 e. The molecule has 1 heterocycles. The number of piperazine rings is 1. The number of nitrogens with one attached hydrogen (secondary N) is 1. The molecule has 1 aliphatic heterocycles. The van der Waals surface area contributed by atoms with E-state index in [2.05, 4.69) is 31.0 Å². The molecule has 19 heavy (non-hydrogen) atoms. The summed E-state index contributed by atoms with van der Waals surface area (Å²) in [5.74, 6) is 0.947. The van der Waals surface area contributed by atoms with Crippen LogP contribution in [0, 0.1) is 5.92 Å². The third-order valence-electron chi connectivity index (χ3n) is 5.49. The minimum absolute atomic E-state index is 0.754. The molecule has 112 valence electrons. The summed E-state index contributed by atoms with van der Waals surface area (Å²) in [6.45, 7) is 9.60. The molecule has 3 atom stereocenters. The summed E-state index contributed by atoms with van der Waals surface area (Å²) in [6, 6.07) is 2.30. The Bertz CT molecular complexity index is 248. The first kappa shape index (κ1) is 15.3. The van der Waals surface area contributed by atoms with E-state index < -0.39 is 0 Å². The van der Waals surface area contributed by atoms with Crippen LogP contribution in [0.2, 0.25) is 0 Å². The number of hydrogen-bond donors (Lipinski definition) is 1. The molecule has 1 saturated heterocycles. The van der Waals surface area contributed by atoms with Gasteiger partial charge in [0.15, 0.2) is 0 Å². The first-order valence-electron chi connectivity index (χ1n) is 8.75. The van der Waals surface area contributed by atoms with Gasteiger partial charge in [0, 0.05) is 31.2 Å². The second-order valence-electron chi connectivity index (χ2n) is 6.81. The van der Waals surface area contributed by atoms with Gasteiger partial charge in [0.25, 0.3) is 0 Å². The van der Waals surface area contributed by atoms with Crippen LogP contribution >= 0.6 is 0 Å². The molecule has 2 nitrogen and oxygen atoms in total. The summed E-state index contributed by atoms with van der Waals surface area (Å²) in [5, 5.41) is 3.89. The predicted molar refractivity (Wildman–Crippen MR) is 83.5 cm³/mol. The molecule has 0 aromatic heterocycles. The molecule has 1 saturated carbocycles. The Hall–Kier alpha value is -0.0800. The van der Waals surface area contributed by atoms with Crippen LogP contribution in [0.1, 0.15) is 72.1 Å². The van der Waals surface area contributed by atoms with E-state index in [9.17, 15) is 0 Å². The van der Waals surface area contributed by atoms with Crippen LogP contribution < -0.4 is 5.32 Å². The highest BCUT2D eigenvalue weighted by atomic mass is 15.3. The molecule has 0 spiro atoms. The molecule has 3 unspecified atom stereocenters. The van der Waals surface area contributed by atoms with Crippen LogP contribution in [0.3, 0.4) is 0 Å². The maximum Gasteiger partial charge on any atom is 0.0224 e. The van der Waals surface area contributed by atoms with Crippen LogP contribution in [-0.2, 0) is 0 Å². The Morgan fingerprint density at radius 3 is 2.53 bits per heavy atom. The van der Waals surface area contributed by atoms with Crippen molar-refractivity contribution in [3.05, 3.63) is 0 Å². The summed E-state index contributed by atoms with van der Waals surface area (Å²) in [7, 11) is 0. The molecular weight excluding hydrogens is 232 g/mol.